The molecule has 3 atom stereocenters. The molecule has 2 aliphatic carbocycles. The van der Waals surface area contributed by atoms with Crippen LogP contribution >= 0.6 is 35.0 Å². The maximum absolute atomic E-state index is 6.61. The van der Waals surface area contributed by atoms with Crippen LogP contribution in [0.2, 0.25) is 10.0 Å². The fourth-order valence-corrected chi connectivity index (χ4v) is 7.93. The molecule has 0 N–H and O–H groups in total. The van der Waals surface area contributed by atoms with E-state index in [1.54, 1.807) is 17.8 Å². The molecule has 1 aromatic carbocycles. The Bertz CT molecular complexity index is 1020. The van der Waals surface area contributed by atoms with Gasteiger partial charge in [-0.05, 0) is 48.3 Å². The zero-order chi connectivity index (χ0) is 24.2. The minimum Gasteiger partial charge on any atom is -0.353 e. The van der Waals surface area contributed by atoms with E-state index in [0.29, 0.717) is 28.5 Å². The summed E-state index contributed by atoms with van der Waals surface area (Å²) in [6, 6.07) is 5.64. The SMILES string of the molecule is COC1(OCCc2nc(C(C)C)c(Sc3cc(Cl)cc(Cl)c3)n2C)CC2CCC1(C)C2(C)C. The second kappa shape index (κ2) is 9.05. The maximum Gasteiger partial charge on any atom is 0.174 e. The fraction of sp³-hybridized carbons (Fsp3) is 0.654. The molecule has 3 unspecified atom stereocenters. The van der Waals surface area contributed by atoms with Crippen LogP contribution in [0.5, 0.6) is 0 Å². The second-order valence-corrected chi connectivity index (χ2v) is 12.6. The van der Waals surface area contributed by atoms with Crippen LogP contribution < -0.4 is 0 Å². The van der Waals surface area contributed by atoms with Gasteiger partial charge in [-0.2, -0.15) is 0 Å². The summed E-state index contributed by atoms with van der Waals surface area (Å²) in [4.78, 5) is 6.02. The molecule has 4 rings (SSSR count). The Morgan fingerprint density at radius 1 is 1.18 bits per heavy atom. The summed E-state index contributed by atoms with van der Waals surface area (Å²) in [5.74, 6) is 1.46. The first kappa shape index (κ1) is 25.4. The van der Waals surface area contributed by atoms with Crippen LogP contribution in [-0.2, 0) is 22.9 Å². The Morgan fingerprint density at radius 2 is 1.85 bits per heavy atom. The average Bonchev–Trinajstić information content (AvgIpc) is 3.21. The number of fused-ring (bicyclic) bond motifs is 2. The molecule has 33 heavy (non-hydrogen) atoms. The van der Waals surface area contributed by atoms with E-state index in [-0.39, 0.29) is 10.8 Å². The lowest BCUT2D eigenvalue weighted by Gasteiger charge is -2.47. The molecule has 2 aromatic rings. The number of methoxy groups -OCH3 is 1. The molecule has 1 heterocycles. The van der Waals surface area contributed by atoms with Crippen LogP contribution in [0.25, 0.3) is 0 Å². The van der Waals surface area contributed by atoms with E-state index in [9.17, 15) is 0 Å². The number of imidazole rings is 1. The van der Waals surface area contributed by atoms with Crippen molar-refractivity contribution < 1.29 is 9.47 Å². The Labute approximate surface area is 212 Å². The summed E-state index contributed by atoms with van der Waals surface area (Å²) in [7, 11) is 3.89. The molecule has 2 aliphatic rings. The van der Waals surface area contributed by atoms with Gasteiger partial charge in [0.05, 0.1) is 12.3 Å². The van der Waals surface area contributed by atoms with Crippen molar-refractivity contribution in [1.82, 2.24) is 9.55 Å². The van der Waals surface area contributed by atoms with E-state index in [2.05, 4.69) is 46.2 Å². The Morgan fingerprint density at radius 3 is 2.36 bits per heavy atom. The maximum atomic E-state index is 6.61. The van der Waals surface area contributed by atoms with E-state index in [1.807, 2.05) is 19.2 Å². The van der Waals surface area contributed by atoms with Gasteiger partial charge in [-0.25, -0.2) is 4.98 Å². The molecular formula is C26H36Cl2N2O2S. The molecule has 0 aliphatic heterocycles. The quantitative estimate of drug-likeness (QED) is 0.340. The third-order valence-electron chi connectivity index (χ3n) is 8.54. The predicted octanol–water partition coefficient (Wildman–Crippen LogP) is 7.75. The van der Waals surface area contributed by atoms with Gasteiger partial charge in [-0.1, -0.05) is 69.6 Å². The van der Waals surface area contributed by atoms with Crippen LogP contribution in [0.15, 0.2) is 28.1 Å². The first-order valence-electron chi connectivity index (χ1n) is 11.8. The van der Waals surface area contributed by atoms with Crippen molar-refractivity contribution in [1.29, 1.82) is 0 Å². The normalized spacial score (nSPS) is 28.2. The van der Waals surface area contributed by atoms with Crippen molar-refractivity contribution >= 4 is 35.0 Å². The number of hydrogen-bond donors (Lipinski definition) is 0. The first-order valence-corrected chi connectivity index (χ1v) is 13.4. The first-order chi connectivity index (χ1) is 15.4. The molecule has 7 heteroatoms. The molecule has 0 radical (unpaired) electrons. The smallest absolute Gasteiger partial charge is 0.174 e. The van der Waals surface area contributed by atoms with Crippen LogP contribution in [0.3, 0.4) is 0 Å². The summed E-state index contributed by atoms with van der Waals surface area (Å²) < 4.78 is 14.9. The molecular weight excluding hydrogens is 475 g/mol. The molecule has 4 nitrogen and oxygen atoms in total. The molecule has 0 spiro atoms. The van der Waals surface area contributed by atoms with Gasteiger partial charge < -0.3 is 14.0 Å². The largest absolute Gasteiger partial charge is 0.353 e. The summed E-state index contributed by atoms with van der Waals surface area (Å²) in [6.07, 6.45) is 4.13. The van der Waals surface area contributed by atoms with Crippen molar-refractivity contribution in [2.45, 2.75) is 81.9 Å². The highest BCUT2D eigenvalue weighted by Crippen LogP contribution is 2.70. The van der Waals surface area contributed by atoms with Gasteiger partial charge in [0.1, 0.15) is 10.9 Å². The lowest BCUT2D eigenvalue weighted by Crippen LogP contribution is -2.51. The second-order valence-electron chi connectivity index (χ2n) is 10.7. The van der Waals surface area contributed by atoms with Crippen molar-refractivity contribution in [3.63, 3.8) is 0 Å². The minimum absolute atomic E-state index is 0.0248. The van der Waals surface area contributed by atoms with Crippen LogP contribution in [0.1, 0.15) is 71.3 Å². The fourth-order valence-electron chi connectivity index (χ4n) is 6.05. The molecule has 1 aromatic heterocycles. The standard InChI is InChI=1S/C26H36Cl2N2O2S/c1-16(2)22-23(33-20-13-18(27)12-19(28)14-20)30(6)21(29-22)9-11-32-26(31-7)15-17-8-10-25(26,5)24(17,3)4/h12-14,16-17H,8-11,15H2,1-7H3. The Balaban J connectivity index is 1.53. The topological polar surface area (TPSA) is 36.3 Å². The average molecular weight is 512 g/mol. The van der Waals surface area contributed by atoms with Gasteiger partial charge >= 0.3 is 0 Å². The number of aromatic nitrogens is 2. The third kappa shape index (κ3) is 4.16. The zero-order valence-electron chi connectivity index (χ0n) is 20.8. The van der Waals surface area contributed by atoms with E-state index >= 15 is 0 Å². The number of rotatable bonds is 8. The molecule has 0 saturated heterocycles. The van der Waals surface area contributed by atoms with Gasteiger partial charge in [-0.3, -0.25) is 0 Å². The number of halogens is 2. The molecule has 0 amide bonds. The van der Waals surface area contributed by atoms with E-state index in [1.165, 1.54) is 6.42 Å². The van der Waals surface area contributed by atoms with Crippen molar-refractivity contribution in [2.75, 3.05) is 13.7 Å². The van der Waals surface area contributed by atoms with Crippen molar-refractivity contribution in [3.8, 4) is 0 Å². The third-order valence-corrected chi connectivity index (χ3v) is 10.1. The predicted molar refractivity (Wildman–Crippen MR) is 137 cm³/mol. The summed E-state index contributed by atoms with van der Waals surface area (Å²) in [5.41, 5.74) is 1.33. The number of hydrogen-bond acceptors (Lipinski definition) is 4. The van der Waals surface area contributed by atoms with Gasteiger partial charge in [0.25, 0.3) is 0 Å². The number of nitrogens with zero attached hydrogens (tertiary/aromatic N) is 2. The van der Waals surface area contributed by atoms with E-state index in [0.717, 1.165) is 40.7 Å². The van der Waals surface area contributed by atoms with Gasteiger partial charge in [-0.15, -0.1) is 0 Å². The number of ether oxygens (including phenoxy) is 2. The van der Waals surface area contributed by atoms with Crippen LogP contribution in [0, 0.1) is 16.7 Å². The highest BCUT2D eigenvalue weighted by atomic mass is 35.5. The monoisotopic (exact) mass is 510 g/mol. The summed E-state index contributed by atoms with van der Waals surface area (Å²) in [5, 5.41) is 2.39. The van der Waals surface area contributed by atoms with Gasteiger partial charge in [0.15, 0.2) is 5.79 Å². The zero-order valence-corrected chi connectivity index (χ0v) is 23.1. The number of benzene rings is 1. The Hall–Kier alpha value is -0.720. The van der Waals surface area contributed by atoms with E-state index < -0.39 is 5.79 Å². The van der Waals surface area contributed by atoms with E-state index in [4.69, 9.17) is 37.7 Å². The molecule has 182 valence electrons. The van der Waals surface area contributed by atoms with Crippen LogP contribution in [-0.4, -0.2) is 29.1 Å². The highest BCUT2D eigenvalue weighted by molar-refractivity contribution is 7.99. The lowest BCUT2D eigenvalue weighted by atomic mass is 9.68. The van der Waals surface area contributed by atoms with Gasteiger partial charge in [0.2, 0.25) is 0 Å². The van der Waals surface area contributed by atoms with Crippen LogP contribution in [0.4, 0.5) is 0 Å². The molecule has 2 bridgehead atoms. The summed E-state index contributed by atoms with van der Waals surface area (Å²) >= 11 is 14.1. The molecule has 2 saturated carbocycles. The lowest BCUT2D eigenvalue weighted by molar-refractivity contribution is -0.287. The molecule has 2 fully saturated rings. The Kier molecular flexibility index (Phi) is 6.96. The van der Waals surface area contributed by atoms with Gasteiger partial charge in [0, 0.05) is 47.4 Å². The summed E-state index contributed by atoms with van der Waals surface area (Å²) in [6.45, 7) is 12.1. The highest BCUT2D eigenvalue weighted by Gasteiger charge is 2.70. The van der Waals surface area contributed by atoms with Crippen molar-refractivity contribution in [3.05, 3.63) is 39.8 Å². The van der Waals surface area contributed by atoms with Crippen molar-refractivity contribution in [2.24, 2.45) is 23.8 Å². The minimum atomic E-state index is -0.513.